The van der Waals surface area contributed by atoms with Gasteiger partial charge in [-0.3, -0.25) is 4.79 Å². The molecule has 1 aliphatic carbocycles. The fourth-order valence-corrected chi connectivity index (χ4v) is 1.50. The van der Waals surface area contributed by atoms with Crippen molar-refractivity contribution in [3.63, 3.8) is 0 Å². The van der Waals surface area contributed by atoms with Gasteiger partial charge in [0.2, 0.25) is 5.88 Å². The normalized spacial score (nSPS) is 16.5. The Kier molecular flexibility index (Phi) is 2.48. The van der Waals surface area contributed by atoms with Crippen molar-refractivity contribution < 1.29 is 9.53 Å². The Labute approximate surface area is 83.1 Å². The molecule has 0 saturated heterocycles. The van der Waals surface area contributed by atoms with Crippen molar-refractivity contribution in [2.24, 2.45) is 5.92 Å². The molecule has 1 aromatic rings. The molecule has 14 heavy (non-hydrogen) atoms. The number of ether oxygens (including phenoxy) is 1. The molecule has 0 spiro atoms. The lowest BCUT2D eigenvalue weighted by molar-refractivity contribution is -0.127. The molecular weight excluding hydrogens is 178 g/mol. The second-order valence-electron chi connectivity index (χ2n) is 3.74. The molecule has 1 aliphatic rings. The molecule has 74 valence electrons. The van der Waals surface area contributed by atoms with Crippen LogP contribution in [0.4, 0.5) is 0 Å². The van der Waals surface area contributed by atoms with E-state index in [9.17, 15) is 4.79 Å². The van der Waals surface area contributed by atoms with Crippen molar-refractivity contribution in [1.82, 2.24) is 4.98 Å². The van der Waals surface area contributed by atoms with Crippen LogP contribution in [0.15, 0.2) is 18.2 Å². The Morgan fingerprint density at radius 1 is 1.50 bits per heavy atom. The highest BCUT2D eigenvalue weighted by Crippen LogP contribution is 2.23. The van der Waals surface area contributed by atoms with Gasteiger partial charge in [-0.25, -0.2) is 4.98 Å². The lowest BCUT2D eigenvalue weighted by Gasteiger charge is -2.23. The van der Waals surface area contributed by atoms with Crippen LogP contribution in [0.3, 0.4) is 0 Å². The zero-order valence-electron chi connectivity index (χ0n) is 8.19. The van der Waals surface area contributed by atoms with Crippen LogP contribution in [0, 0.1) is 12.8 Å². The van der Waals surface area contributed by atoms with Gasteiger partial charge in [0, 0.05) is 30.5 Å². The summed E-state index contributed by atoms with van der Waals surface area (Å²) in [4.78, 5) is 14.9. The molecule has 0 amide bonds. The van der Waals surface area contributed by atoms with Crippen LogP contribution < -0.4 is 4.74 Å². The maximum absolute atomic E-state index is 10.7. The van der Waals surface area contributed by atoms with Gasteiger partial charge in [-0.1, -0.05) is 6.07 Å². The summed E-state index contributed by atoms with van der Waals surface area (Å²) >= 11 is 0. The first kappa shape index (κ1) is 9.19. The fourth-order valence-electron chi connectivity index (χ4n) is 1.50. The number of hydrogen-bond donors (Lipinski definition) is 0. The van der Waals surface area contributed by atoms with E-state index in [4.69, 9.17) is 4.74 Å². The minimum absolute atomic E-state index is 0.343. The van der Waals surface area contributed by atoms with Crippen molar-refractivity contribution in [3.05, 3.63) is 23.9 Å². The van der Waals surface area contributed by atoms with Crippen LogP contribution in [0.25, 0.3) is 0 Å². The summed E-state index contributed by atoms with van der Waals surface area (Å²) in [5.41, 5.74) is 0.951. The van der Waals surface area contributed by atoms with Gasteiger partial charge in [-0.15, -0.1) is 0 Å². The number of carbonyl (C=O) groups is 1. The summed E-state index contributed by atoms with van der Waals surface area (Å²) in [5, 5.41) is 0. The Bertz CT molecular complexity index is 341. The van der Waals surface area contributed by atoms with Gasteiger partial charge in [0.25, 0.3) is 0 Å². The Morgan fingerprint density at radius 2 is 2.29 bits per heavy atom. The largest absolute Gasteiger partial charge is 0.477 e. The first-order valence-corrected chi connectivity index (χ1v) is 4.82. The molecule has 3 nitrogen and oxygen atoms in total. The van der Waals surface area contributed by atoms with Crippen LogP contribution in [-0.4, -0.2) is 17.4 Å². The van der Waals surface area contributed by atoms with E-state index in [0.29, 0.717) is 37.0 Å². The third kappa shape index (κ3) is 2.10. The first-order valence-electron chi connectivity index (χ1n) is 4.82. The van der Waals surface area contributed by atoms with Gasteiger partial charge in [0.1, 0.15) is 5.78 Å². The fraction of sp³-hybridized carbons (Fsp3) is 0.455. The van der Waals surface area contributed by atoms with Crippen LogP contribution in [0.1, 0.15) is 18.5 Å². The van der Waals surface area contributed by atoms with Gasteiger partial charge in [0.05, 0.1) is 6.61 Å². The van der Waals surface area contributed by atoms with Crippen LogP contribution in [0.2, 0.25) is 0 Å². The molecule has 1 aromatic heterocycles. The lowest BCUT2D eigenvalue weighted by Crippen LogP contribution is -2.28. The number of Topliss-reactive ketones (excluding diaryl/α,β-unsaturated/α-hetero) is 1. The minimum Gasteiger partial charge on any atom is -0.477 e. The van der Waals surface area contributed by atoms with Crippen molar-refractivity contribution >= 4 is 5.78 Å². The molecule has 0 bridgehead atoms. The number of ketones is 1. The minimum atomic E-state index is 0.343. The summed E-state index contributed by atoms with van der Waals surface area (Å²) in [5.74, 6) is 1.41. The van der Waals surface area contributed by atoms with E-state index in [1.165, 1.54) is 0 Å². The molecule has 0 unspecified atom stereocenters. The van der Waals surface area contributed by atoms with Crippen molar-refractivity contribution in [2.45, 2.75) is 19.8 Å². The van der Waals surface area contributed by atoms with Crippen LogP contribution in [0.5, 0.6) is 5.88 Å². The number of pyridine rings is 1. The molecule has 0 atom stereocenters. The van der Waals surface area contributed by atoms with Gasteiger partial charge in [0.15, 0.2) is 0 Å². The van der Waals surface area contributed by atoms with Crippen molar-refractivity contribution in [1.29, 1.82) is 0 Å². The molecule has 0 aliphatic heterocycles. The van der Waals surface area contributed by atoms with E-state index >= 15 is 0 Å². The SMILES string of the molecule is Cc1cccc(OCC2CC(=O)C2)n1. The Balaban J connectivity index is 1.83. The maximum atomic E-state index is 10.7. The van der Waals surface area contributed by atoms with Gasteiger partial charge in [-0.2, -0.15) is 0 Å². The topological polar surface area (TPSA) is 39.2 Å². The molecule has 1 saturated carbocycles. The molecule has 2 rings (SSSR count). The first-order chi connectivity index (χ1) is 6.74. The van der Waals surface area contributed by atoms with Gasteiger partial charge in [-0.05, 0) is 13.0 Å². The molecule has 1 fully saturated rings. The van der Waals surface area contributed by atoms with E-state index in [-0.39, 0.29) is 0 Å². The number of hydrogen-bond acceptors (Lipinski definition) is 3. The number of rotatable bonds is 3. The summed E-state index contributed by atoms with van der Waals surface area (Å²) in [6.07, 6.45) is 1.34. The zero-order chi connectivity index (χ0) is 9.97. The highest BCUT2D eigenvalue weighted by molar-refractivity contribution is 5.84. The second kappa shape index (κ2) is 3.78. The summed E-state index contributed by atoms with van der Waals surface area (Å²) in [6.45, 7) is 2.54. The average molecular weight is 191 g/mol. The van der Waals surface area contributed by atoms with E-state index in [2.05, 4.69) is 4.98 Å². The predicted molar refractivity (Wildman–Crippen MR) is 52.2 cm³/mol. The molecule has 0 N–H and O–H groups in total. The van der Waals surface area contributed by atoms with E-state index in [1.807, 2.05) is 25.1 Å². The molecule has 3 heteroatoms. The zero-order valence-corrected chi connectivity index (χ0v) is 8.19. The summed E-state index contributed by atoms with van der Waals surface area (Å²) < 4.78 is 5.48. The second-order valence-corrected chi connectivity index (χ2v) is 3.74. The van der Waals surface area contributed by atoms with Gasteiger partial charge >= 0.3 is 0 Å². The highest BCUT2D eigenvalue weighted by Gasteiger charge is 2.26. The lowest BCUT2D eigenvalue weighted by atomic mass is 9.85. The molecular formula is C11H13NO2. The Morgan fingerprint density at radius 3 is 2.93 bits per heavy atom. The van der Waals surface area contributed by atoms with Crippen LogP contribution >= 0.6 is 0 Å². The average Bonchev–Trinajstić information content (AvgIpc) is 2.11. The smallest absolute Gasteiger partial charge is 0.213 e. The summed E-state index contributed by atoms with van der Waals surface area (Å²) in [7, 11) is 0. The monoisotopic (exact) mass is 191 g/mol. The van der Waals surface area contributed by atoms with Gasteiger partial charge < -0.3 is 4.74 Å². The number of aryl methyl sites for hydroxylation is 1. The molecule has 1 heterocycles. The number of nitrogens with zero attached hydrogens (tertiary/aromatic N) is 1. The van der Waals surface area contributed by atoms with E-state index in [0.717, 1.165) is 5.69 Å². The number of aromatic nitrogens is 1. The molecule has 0 aromatic carbocycles. The maximum Gasteiger partial charge on any atom is 0.213 e. The predicted octanol–water partition coefficient (Wildman–Crippen LogP) is 1.75. The quantitative estimate of drug-likeness (QED) is 0.730. The third-order valence-electron chi connectivity index (χ3n) is 2.36. The molecule has 0 radical (unpaired) electrons. The summed E-state index contributed by atoms with van der Waals surface area (Å²) in [6, 6.07) is 5.69. The standard InChI is InChI=1S/C11H13NO2/c1-8-3-2-4-11(12-8)14-7-9-5-10(13)6-9/h2-4,9H,5-7H2,1H3. The van der Waals surface area contributed by atoms with E-state index in [1.54, 1.807) is 0 Å². The van der Waals surface area contributed by atoms with E-state index < -0.39 is 0 Å². The third-order valence-corrected chi connectivity index (χ3v) is 2.36. The van der Waals surface area contributed by atoms with Crippen molar-refractivity contribution in [3.8, 4) is 5.88 Å². The van der Waals surface area contributed by atoms with Crippen LogP contribution in [-0.2, 0) is 4.79 Å². The highest BCUT2D eigenvalue weighted by atomic mass is 16.5. The number of carbonyl (C=O) groups excluding carboxylic acids is 1. The van der Waals surface area contributed by atoms with Crippen molar-refractivity contribution in [2.75, 3.05) is 6.61 Å². The Hall–Kier alpha value is -1.38.